The van der Waals surface area contributed by atoms with Gasteiger partial charge in [-0.1, -0.05) is 60.7 Å². The van der Waals surface area contributed by atoms with Crippen LogP contribution in [-0.4, -0.2) is 23.3 Å². The van der Waals surface area contributed by atoms with Gasteiger partial charge in [-0.15, -0.1) is 0 Å². The van der Waals surface area contributed by atoms with Crippen LogP contribution in [0, 0.1) is 19.8 Å². The van der Waals surface area contributed by atoms with E-state index in [0.717, 1.165) is 11.1 Å². The van der Waals surface area contributed by atoms with Crippen molar-refractivity contribution in [1.29, 1.82) is 0 Å². The Morgan fingerprint density at radius 1 is 0.800 bits per heavy atom. The lowest BCUT2D eigenvalue weighted by Gasteiger charge is -2.27. The Labute approximate surface area is 176 Å². The minimum atomic E-state index is -1.24. The van der Waals surface area contributed by atoms with Gasteiger partial charge in [0.25, 0.3) is 0 Å². The number of methoxy groups -OCH3 is 1. The molecule has 0 spiro atoms. The van der Waals surface area contributed by atoms with Crippen molar-refractivity contribution in [3.63, 3.8) is 0 Å². The summed E-state index contributed by atoms with van der Waals surface area (Å²) in [4.78, 5) is 13.2. The number of hydrogen-bond acceptors (Lipinski definition) is 5. The van der Waals surface area contributed by atoms with E-state index in [1.54, 1.807) is 67.8 Å². The third-order valence-electron chi connectivity index (χ3n) is 5.11. The number of aryl methyl sites for hydroxylation is 2. The summed E-state index contributed by atoms with van der Waals surface area (Å²) in [6, 6.07) is 21.1. The molecule has 0 saturated carbocycles. The second-order valence-corrected chi connectivity index (χ2v) is 7.25. The molecule has 5 heteroatoms. The van der Waals surface area contributed by atoms with E-state index < -0.39 is 24.1 Å². The number of carbonyl (C=O) groups excluding carboxylic acids is 1. The normalized spacial score (nSPS) is 13.9. The Morgan fingerprint density at radius 2 is 1.23 bits per heavy atom. The van der Waals surface area contributed by atoms with E-state index >= 15 is 0 Å². The van der Waals surface area contributed by atoms with Crippen LogP contribution in [0.15, 0.2) is 72.8 Å². The monoisotopic (exact) mass is 406 g/mol. The van der Waals surface area contributed by atoms with Gasteiger partial charge in [0, 0.05) is 0 Å². The van der Waals surface area contributed by atoms with Gasteiger partial charge in [-0.05, 0) is 48.2 Å². The average Bonchev–Trinajstić information content (AvgIpc) is 2.77. The lowest BCUT2D eigenvalue weighted by Crippen LogP contribution is -2.32. The maximum absolute atomic E-state index is 13.2. The number of aliphatic hydroxyl groups excluding tert-OH is 2. The van der Waals surface area contributed by atoms with Gasteiger partial charge in [0.15, 0.2) is 0 Å². The summed E-state index contributed by atoms with van der Waals surface area (Å²) in [5.74, 6) is -0.865. The van der Waals surface area contributed by atoms with Crippen LogP contribution in [0.25, 0.3) is 0 Å². The summed E-state index contributed by atoms with van der Waals surface area (Å²) < 4.78 is 11.0. The van der Waals surface area contributed by atoms with E-state index in [-0.39, 0.29) is 0 Å². The van der Waals surface area contributed by atoms with E-state index in [1.165, 1.54) is 0 Å². The fourth-order valence-electron chi connectivity index (χ4n) is 3.50. The molecule has 0 radical (unpaired) electrons. The zero-order valence-corrected chi connectivity index (χ0v) is 17.3. The molecule has 30 heavy (non-hydrogen) atoms. The van der Waals surface area contributed by atoms with Crippen molar-refractivity contribution in [2.75, 3.05) is 7.11 Å². The molecule has 0 fully saturated rings. The van der Waals surface area contributed by atoms with Crippen LogP contribution >= 0.6 is 0 Å². The Hall–Kier alpha value is -3.15. The summed E-state index contributed by atoms with van der Waals surface area (Å²) in [5.41, 5.74) is 2.50. The molecule has 0 aliphatic heterocycles. The largest absolute Gasteiger partial charge is 0.497 e. The van der Waals surface area contributed by atoms with Crippen molar-refractivity contribution in [2.45, 2.75) is 26.1 Å². The fraction of sp³-hybridized carbons (Fsp3) is 0.240. The molecule has 5 nitrogen and oxygen atoms in total. The molecule has 0 aliphatic carbocycles. The molecular formula is C25H26O5. The average molecular weight is 406 g/mol. The molecule has 2 N–H and O–H groups in total. The Kier molecular flexibility index (Phi) is 6.87. The zero-order chi connectivity index (χ0) is 21.7. The van der Waals surface area contributed by atoms with Gasteiger partial charge < -0.3 is 19.7 Å². The van der Waals surface area contributed by atoms with Crippen LogP contribution < -0.4 is 9.47 Å². The lowest BCUT2D eigenvalue weighted by molar-refractivity contribution is -0.149. The number of hydrogen-bond donors (Lipinski definition) is 2. The topological polar surface area (TPSA) is 76.0 Å². The van der Waals surface area contributed by atoms with Crippen molar-refractivity contribution in [2.24, 2.45) is 5.92 Å². The number of rotatable bonds is 7. The number of aliphatic hydroxyl groups is 2. The highest BCUT2D eigenvalue weighted by Crippen LogP contribution is 2.36. The smallest absolute Gasteiger partial charge is 0.320 e. The molecule has 0 heterocycles. The van der Waals surface area contributed by atoms with Gasteiger partial charge in [0.2, 0.25) is 0 Å². The van der Waals surface area contributed by atoms with Crippen LogP contribution in [0.1, 0.15) is 34.5 Å². The van der Waals surface area contributed by atoms with E-state index in [0.29, 0.717) is 22.6 Å². The molecular weight excluding hydrogens is 380 g/mol. The summed E-state index contributed by atoms with van der Waals surface area (Å²) in [6.07, 6.45) is -2.49. The van der Waals surface area contributed by atoms with Gasteiger partial charge in [0.05, 0.1) is 19.3 Å². The van der Waals surface area contributed by atoms with Crippen molar-refractivity contribution >= 4 is 5.97 Å². The van der Waals surface area contributed by atoms with Crippen LogP contribution in [0.5, 0.6) is 11.5 Å². The van der Waals surface area contributed by atoms with E-state index in [2.05, 4.69) is 0 Å². The van der Waals surface area contributed by atoms with Crippen LogP contribution in [0.2, 0.25) is 0 Å². The molecule has 156 valence electrons. The fourth-order valence-corrected chi connectivity index (χ4v) is 3.50. The Balaban J connectivity index is 1.96. The van der Waals surface area contributed by atoms with Crippen LogP contribution in [-0.2, 0) is 4.79 Å². The Morgan fingerprint density at radius 3 is 1.63 bits per heavy atom. The highest BCUT2D eigenvalue weighted by atomic mass is 16.5. The first-order chi connectivity index (χ1) is 14.4. The molecule has 3 rings (SSSR count). The van der Waals surface area contributed by atoms with Crippen molar-refractivity contribution in [3.05, 3.63) is 95.1 Å². The molecule has 3 aromatic rings. The molecule has 0 bridgehead atoms. The zero-order valence-electron chi connectivity index (χ0n) is 17.3. The minimum absolute atomic E-state index is 0.395. The molecule has 0 saturated heterocycles. The number of ether oxygens (including phenoxy) is 2. The summed E-state index contributed by atoms with van der Waals surface area (Å²) >= 11 is 0. The van der Waals surface area contributed by atoms with E-state index in [9.17, 15) is 15.0 Å². The predicted molar refractivity (Wildman–Crippen MR) is 114 cm³/mol. The number of carbonyl (C=O) groups is 1. The standard InChI is InChI=1S/C25H26O5/c1-16-14-20(29-3)15-17(2)24(16)30-25(28)21(22(26)18-10-6-4-7-11-18)23(27)19-12-8-5-9-13-19/h4-15,21-23,26-27H,1-3H3. The first-order valence-electron chi connectivity index (χ1n) is 9.75. The van der Waals surface area contributed by atoms with Crippen molar-refractivity contribution in [3.8, 4) is 11.5 Å². The first kappa shape index (κ1) is 21.6. The molecule has 2 atom stereocenters. The van der Waals surface area contributed by atoms with Gasteiger partial charge in [-0.2, -0.15) is 0 Å². The maximum atomic E-state index is 13.2. The highest BCUT2D eigenvalue weighted by molar-refractivity contribution is 5.78. The lowest BCUT2D eigenvalue weighted by atomic mass is 9.87. The van der Waals surface area contributed by atoms with Crippen LogP contribution in [0.4, 0.5) is 0 Å². The van der Waals surface area contributed by atoms with Gasteiger partial charge in [0.1, 0.15) is 17.4 Å². The predicted octanol–water partition coefficient (Wildman–Crippen LogP) is 4.30. The SMILES string of the molecule is COc1cc(C)c(OC(=O)C(C(O)c2ccccc2)C(O)c2ccccc2)c(C)c1. The Bertz CT molecular complexity index is 916. The second kappa shape index (κ2) is 9.57. The molecule has 0 aromatic heterocycles. The number of esters is 1. The summed E-state index contributed by atoms with van der Waals surface area (Å²) in [7, 11) is 1.57. The third kappa shape index (κ3) is 4.70. The molecule has 0 aliphatic rings. The quantitative estimate of drug-likeness (QED) is 0.452. The first-order valence-corrected chi connectivity index (χ1v) is 9.75. The summed E-state index contributed by atoms with van der Waals surface area (Å²) in [6.45, 7) is 3.63. The van der Waals surface area contributed by atoms with Gasteiger partial charge in [-0.3, -0.25) is 4.79 Å². The molecule has 2 unspecified atom stereocenters. The summed E-state index contributed by atoms with van der Waals surface area (Å²) in [5, 5.41) is 22.0. The highest BCUT2D eigenvalue weighted by Gasteiger charge is 2.37. The van der Waals surface area contributed by atoms with Gasteiger partial charge >= 0.3 is 5.97 Å². The molecule has 0 amide bonds. The second-order valence-electron chi connectivity index (χ2n) is 7.25. The van der Waals surface area contributed by atoms with E-state index in [4.69, 9.17) is 9.47 Å². The molecule has 3 aromatic carbocycles. The minimum Gasteiger partial charge on any atom is -0.497 e. The van der Waals surface area contributed by atoms with E-state index in [1.807, 2.05) is 26.0 Å². The van der Waals surface area contributed by atoms with Gasteiger partial charge in [-0.25, -0.2) is 0 Å². The van der Waals surface area contributed by atoms with Crippen molar-refractivity contribution in [1.82, 2.24) is 0 Å². The number of benzene rings is 3. The van der Waals surface area contributed by atoms with Crippen molar-refractivity contribution < 1.29 is 24.5 Å². The third-order valence-corrected chi connectivity index (χ3v) is 5.11. The van der Waals surface area contributed by atoms with Crippen LogP contribution in [0.3, 0.4) is 0 Å². The maximum Gasteiger partial charge on any atom is 0.320 e.